The van der Waals surface area contributed by atoms with Crippen molar-refractivity contribution >= 4 is 17.3 Å². The minimum Gasteiger partial charge on any atom is -0.479 e. The number of rotatable bonds is 2. The maximum absolute atomic E-state index is 11.7. The van der Waals surface area contributed by atoms with Gasteiger partial charge in [0.05, 0.1) is 5.69 Å². The van der Waals surface area contributed by atoms with E-state index < -0.39 is 6.10 Å². The quantitative estimate of drug-likeness (QED) is 0.873. The third kappa shape index (κ3) is 2.99. The molecule has 1 aliphatic heterocycles. The molecule has 2 N–H and O–H groups in total. The van der Waals surface area contributed by atoms with E-state index in [4.69, 9.17) is 4.74 Å². The topological polar surface area (TPSA) is 50.4 Å². The highest BCUT2D eigenvalue weighted by Gasteiger charge is 2.27. The number of amides is 1. The normalized spacial score (nSPS) is 31.9. The first-order valence-corrected chi connectivity index (χ1v) is 7.91. The zero-order valence-electron chi connectivity index (χ0n) is 13.0. The van der Waals surface area contributed by atoms with Crippen molar-refractivity contribution in [3.05, 3.63) is 18.2 Å². The van der Waals surface area contributed by atoms with Crippen LogP contribution in [0.15, 0.2) is 18.2 Å². The van der Waals surface area contributed by atoms with Crippen LogP contribution >= 0.6 is 0 Å². The van der Waals surface area contributed by atoms with E-state index in [0.717, 1.165) is 23.0 Å². The highest BCUT2D eigenvalue weighted by Crippen LogP contribution is 2.35. The Balaban J connectivity index is 1.75. The van der Waals surface area contributed by atoms with E-state index >= 15 is 0 Å². The molecule has 1 saturated carbocycles. The van der Waals surface area contributed by atoms with Crippen molar-refractivity contribution in [2.24, 2.45) is 11.8 Å². The molecule has 4 nitrogen and oxygen atoms in total. The number of benzene rings is 1. The second-order valence-corrected chi connectivity index (χ2v) is 6.61. The second kappa shape index (κ2) is 5.58. The van der Waals surface area contributed by atoms with Crippen molar-refractivity contribution in [3.63, 3.8) is 0 Å². The third-order valence-electron chi connectivity index (χ3n) is 4.72. The van der Waals surface area contributed by atoms with Crippen LogP contribution in [0.1, 0.15) is 40.0 Å². The summed E-state index contributed by atoms with van der Waals surface area (Å²) in [5, 5.41) is 6.53. The molecule has 4 heteroatoms. The lowest BCUT2D eigenvalue weighted by Gasteiger charge is -2.34. The maximum atomic E-state index is 11.7. The molecule has 1 amide bonds. The standard InChI is InChI=1S/C17H24N2O2/c1-10-4-5-11(2)14(8-10)18-13-6-7-16-15(9-13)19-17(20)12(3)21-16/h6-7,9-12,14,18H,4-5,8H2,1-3H3,(H,19,20). The second-order valence-electron chi connectivity index (χ2n) is 6.61. The number of anilines is 2. The molecular formula is C17H24N2O2. The predicted molar refractivity (Wildman–Crippen MR) is 84.8 cm³/mol. The van der Waals surface area contributed by atoms with E-state index in [0.29, 0.717) is 12.0 Å². The summed E-state index contributed by atoms with van der Waals surface area (Å²) in [6, 6.07) is 6.45. The van der Waals surface area contributed by atoms with Gasteiger partial charge in [0.25, 0.3) is 5.91 Å². The molecule has 21 heavy (non-hydrogen) atoms. The van der Waals surface area contributed by atoms with Crippen LogP contribution in [0.25, 0.3) is 0 Å². The summed E-state index contributed by atoms with van der Waals surface area (Å²) < 4.78 is 5.59. The number of carbonyl (C=O) groups excluding carboxylic acids is 1. The molecule has 4 unspecified atom stereocenters. The van der Waals surface area contributed by atoms with Gasteiger partial charge in [-0.05, 0) is 49.8 Å². The lowest BCUT2D eigenvalue weighted by molar-refractivity contribution is -0.122. The summed E-state index contributed by atoms with van der Waals surface area (Å²) in [7, 11) is 0. The molecule has 1 aliphatic carbocycles. The fourth-order valence-electron chi connectivity index (χ4n) is 3.25. The van der Waals surface area contributed by atoms with Crippen LogP contribution in [0.3, 0.4) is 0 Å². The van der Waals surface area contributed by atoms with Crippen molar-refractivity contribution < 1.29 is 9.53 Å². The first-order valence-electron chi connectivity index (χ1n) is 7.91. The van der Waals surface area contributed by atoms with E-state index in [1.165, 1.54) is 19.3 Å². The molecule has 1 aromatic carbocycles. The average Bonchev–Trinajstić information content (AvgIpc) is 2.44. The Labute approximate surface area is 126 Å². The number of carbonyl (C=O) groups is 1. The highest BCUT2D eigenvalue weighted by molar-refractivity contribution is 5.98. The third-order valence-corrected chi connectivity index (χ3v) is 4.72. The number of nitrogens with one attached hydrogen (secondary N) is 2. The van der Waals surface area contributed by atoms with Crippen LogP contribution in [-0.2, 0) is 4.79 Å². The summed E-state index contributed by atoms with van der Waals surface area (Å²) in [5.41, 5.74) is 1.82. The molecule has 114 valence electrons. The van der Waals surface area contributed by atoms with E-state index in [-0.39, 0.29) is 5.91 Å². The molecule has 2 aliphatic rings. The smallest absolute Gasteiger partial charge is 0.265 e. The maximum Gasteiger partial charge on any atom is 0.265 e. The van der Waals surface area contributed by atoms with Gasteiger partial charge in [-0.3, -0.25) is 4.79 Å². The molecule has 1 aromatic rings. The molecule has 1 fully saturated rings. The SMILES string of the molecule is CC1CCC(C)C(Nc2ccc3c(c2)NC(=O)C(C)O3)C1. The van der Waals surface area contributed by atoms with Gasteiger partial charge < -0.3 is 15.4 Å². The van der Waals surface area contributed by atoms with Gasteiger partial charge in [0.2, 0.25) is 0 Å². The van der Waals surface area contributed by atoms with Crippen molar-refractivity contribution in [1.82, 2.24) is 0 Å². The Hall–Kier alpha value is -1.71. The van der Waals surface area contributed by atoms with Gasteiger partial charge in [-0.15, -0.1) is 0 Å². The molecule has 0 radical (unpaired) electrons. The largest absolute Gasteiger partial charge is 0.479 e. The highest BCUT2D eigenvalue weighted by atomic mass is 16.5. The molecule has 3 rings (SSSR count). The predicted octanol–water partition coefficient (Wildman–Crippen LogP) is 3.64. The van der Waals surface area contributed by atoms with Crippen LogP contribution in [0.2, 0.25) is 0 Å². The van der Waals surface area contributed by atoms with Gasteiger partial charge >= 0.3 is 0 Å². The Bertz CT molecular complexity index is 544. The van der Waals surface area contributed by atoms with Crippen LogP contribution in [0.5, 0.6) is 5.75 Å². The Morgan fingerprint density at radius 1 is 1.24 bits per heavy atom. The minimum absolute atomic E-state index is 0.0840. The lowest BCUT2D eigenvalue weighted by atomic mass is 9.80. The number of ether oxygens (including phenoxy) is 1. The van der Waals surface area contributed by atoms with Crippen molar-refractivity contribution in [3.8, 4) is 5.75 Å². The van der Waals surface area contributed by atoms with Crippen LogP contribution in [0.4, 0.5) is 11.4 Å². The Kier molecular flexibility index (Phi) is 3.79. The van der Waals surface area contributed by atoms with Gasteiger partial charge in [0, 0.05) is 11.7 Å². The fraction of sp³-hybridized carbons (Fsp3) is 0.588. The zero-order chi connectivity index (χ0) is 15.0. The van der Waals surface area contributed by atoms with Crippen LogP contribution < -0.4 is 15.4 Å². The van der Waals surface area contributed by atoms with E-state index in [1.54, 1.807) is 6.92 Å². The van der Waals surface area contributed by atoms with Gasteiger partial charge in [-0.1, -0.05) is 20.3 Å². The lowest BCUT2D eigenvalue weighted by Crippen LogP contribution is -2.35. The number of fused-ring (bicyclic) bond motifs is 1. The average molecular weight is 288 g/mol. The summed E-state index contributed by atoms with van der Waals surface area (Å²) in [4.78, 5) is 11.7. The van der Waals surface area contributed by atoms with E-state index in [2.05, 4.69) is 24.5 Å². The molecule has 0 bridgehead atoms. The first kappa shape index (κ1) is 14.2. The van der Waals surface area contributed by atoms with Gasteiger partial charge in [-0.2, -0.15) is 0 Å². The summed E-state index contributed by atoms with van der Waals surface area (Å²) >= 11 is 0. The van der Waals surface area contributed by atoms with E-state index in [9.17, 15) is 4.79 Å². The Morgan fingerprint density at radius 2 is 2.05 bits per heavy atom. The van der Waals surface area contributed by atoms with Gasteiger partial charge in [0.1, 0.15) is 5.75 Å². The summed E-state index contributed by atoms with van der Waals surface area (Å²) in [6.45, 7) is 6.40. The molecule has 0 aromatic heterocycles. The first-order chi connectivity index (χ1) is 10.0. The molecular weight excluding hydrogens is 264 g/mol. The molecule has 4 atom stereocenters. The summed E-state index contributed by atoms with van der Waals surface area (Å²) in [6.07, 6.45) is 3.39. The van der Waals surface area contributed by atoms with Crippen molar-refractivity contribution in [2.45, 2.75) is 52.2 Å². The van der Waals surface area contributed by atoms with Gasteiger partial charge in [-0.25, -0.2) is 0 Å². The number of hydrogen-bond acceptors (Lipinski definition) is 3. The monoisotopic (exact) mass is 288 g/mol. The Morgan fingerprint density at radius 3 is 2.86 bits per heavy atom. The molecule has 0 saturated heterocycles. The van der Waals surface area contributed by atoms with Crippen molar-refractivity contribution in [1.29, 1.82) is 0 Å². The van der Waals surface area contributed by atoms with E-state index in [1.807, 2.05) is 18.2 Å². The van der Waals surface area contributed by atoms with Crippen molar-refractivity contribution in [2.75, 3.05) is 10.6 Å². The van der Waals surface area contributed by atoms with Crippen LogP contribution in [-0.4, -0.2) is 18.1 Å². The van der Waals surface area contributed by atoms with Crippen LogP contribution in [0, 0.1) is 11.8 Å². The fourth-order valence-corrected chi connectivity index (χ4v) is 3.25. The zero-order valence-corrected chi connectivity index (χ0v) is 13.0. The molecule has 1 heterocycles. The molecule has 0 spiro atoms. The minimum atomic E-state index is -0.421. The number of hydrogen-bond donors (Lipinski definition) is 2. The summed E-state index contributed by atoms with van der Waals surface area (Å²) in [5.74, 6) is 2.13. The van der Waals surface area contributed by atoms with Gasteiger partial charge in [0.15, 0.2) is 6.10 Å².